The van der Waals surface area contributed by atoms with Gasteiger partial charge in [0.05, 0.1) is 12.2 Å². The van der Waals surface area contributed by atoms with Gasteiger partial charge in [0.2, 0.25) is 15.9 Å². The highest BCUT2D eigenvalue weighted by Gasteiger charge is 2.29. The summed E-state index contributed by atoms with van der Waals surface area (Å²) in [5.41, 5.74) is 2.77. The van der Waals surface area contributed by atoms with Crippen LogP contribution in [0.2, 0.25) is 0 Å². The molecule has 6 nitrogen and oxygen atoms in total. The van der Waals surface area contributed by atoms with Crippen molar-refractivity contribution in [3.8, 4) is 0 Å². The molecule has 1 saturated heterocycles. The summed E-state index contributed by atoms with van der Waals surface area (Å²) in [6.07, 6.45) is 2.20. The van der Waals surface area contributed by atoms with E-state index in [1.165, 1.54) is 4.31 Å². The number of piperazine rings is 1. The second kappa shape index (κ2) is 7.77. The first-order valence-corrected chi connectivity index (χ1v) is 11.0. The van der Waals surface area contributed by atoms with Crippen molar-refractivity contribution in [1.29, 1.82) is 0 Å². The van der Waals surface area contributed by atoms with E-state index in [4.69, 9.17) is 0 Å². The maximum atomic E-state index is 12.7. The number of carbonyl (C=O) groups excluding carboxylic acids is 1. The molecule has 1 fully saturated rings. The van der Waals surface area contributed by atoms with Gasteiger partial charge in [0, 0.05) is 43.3 Å². The Morgan fingerprint density at radius 3 is 2.36 bits per heavy atom. The summed E-state index contributed by atoms with van der Waals surface area (Å²) >= 11 is 0. The van der Waals surface area contributed by atoms with Crippen molar-refractivity contribution >= 4 is 26.8 Å². The van der Waals surface area contributed by atoms with E-state index in [2.05, 4.69) is 4.98 Å². The SMILES string of the molecule is O=C(Cc1c[nH]c2ccccc12)N1CCN(S(=O)(=O)Cc2ccccc2)CC1. The van der Waals surface area contributed by atoms with Gasteiger partial charge in [-0.25, -0.2) is 8.42 Å². The predicted molar refractivity (Wildman–Crippen MR) is 109 cm³/mol. The molecule has 0 unspecified atom stereocenters. The smallest absolute Gasteiger partial charge is 0.227 e. The molecule has 0 spiro atoms. The third-order valence-electron chi connectivity index (χ3n) is 5.19. The van der Waals surface area contributed by atoms with Crippen LogP contribution in [0.4, 0.5) is 0 Å². The van der Waals surface area contributed by atoms with E-state index < -0.39 is 10.0 Å². The summed E-state index contributed by atoms with van der Waals surface area (Å²) in [5.74, 6) is 0.0294. The zero-order valence-corrected chi connectivity index (χ0v) is 16.4. The minimum absolute atomic E-state index is 0.00285. The summed E-state index contributed by atoms with van der Waals surface area (Å²) in [7, 11) is -3.37. The molecular formula is C21H23N3O3S. The Labute approximate surface area is 164 Å². The molecule has 0 saturated carbocycles. The molecule has 2 heterocycles. The molecule has 1 aliphatic rings. The number of H-pyrrole nitrogens is 1. The lowest BCUT2D eigenvalue weighted by atomic mass is 10.1. The van der Waals surface area contributed by atoms with Crippen molar-refractivity contribution in [3.63, 3.8) is 0 Å². The fraction of sp³-hybridized carbons (Fsp3) is 0.286. The highest BCUT2D eigenvalue weighted by molar-refractivity contribution is 7.88. The number of para-hydroxylation sites is 1. The van der Waals surface area contributed by atoms with E-state index in [1.54, 1.807) is 4.90 Å². The zero-order chi connectivity index (χ0) is 19.6. The van der Waals surface area contributed by atoms with Crippen LogP contribution in [0, 0.1) is 0 Å². The Morgan fingerprint density at radius 1 is 0.929 bits per heavy atom. The van der Waals surface area contributed by atoms with Gasteiger partial charge in [-0.3, -0.25) is 4.79 Å². The van der Waals surface area contributed by atoms with Crippen LogP contribution in [0.25, 0.3) is 10.9 Å². The second-order valence-corrected chi connectivity index (χ2v) is 9.03. The predicted octanol–water partition coefficient (Wildman–Crippen LogP) is 2.38. The molecule has 4 rings (SSSR count). The van der Waals surface area contributed by atoms with Crippen LogP contribution in [0.15, 0.2) is 60.8 Å². The van der Waals surface area contributed by atoms with Crippen molar-refractivity contribution in [1.82, 2.24) is 14.2 Å². The van der Waals surface area contributed by atoms with E-state index in [0.717, 1.165) is 22.0 Å². The fourth-order valence-corrected chi connectivity index (χ4v) is 5.16. The number of carbonyl (C=O) groups is 1. The van der Waals surface area contributed by atoms with E-state index in [1.807, 2.05) is 60.8 Å². The number of hydrogen-bond acceptors (Lipinski definition) is 3. The third kappa shape index (κ3) is 3.95. The first-order chi connectivity index (χ1) is 13.5. The number of aromatic amines is 1. The molecule has 0 radical (unpaired) electrons. The second-order valence-electron chi connectivity index (χ2n) is 7.06. The topological polar surface area (TPSA) is 73.5 Å². The van der Waals surface area contributed by atoms with Crippen LogP contribution >= 0.6 is 0 Å². The number of benzene rings is 2. The van der Waals surface area contributed by atoms with Gasteiger partial charge in [-0.05, 0) is 17.2 Å². The van der Waals surface area contributed by atoms with E-state index in [9.17, 15) is 13.2 Å². The molecule has 28 heavy (non-hydrogen) atoms. The lowest BCUT2D eigenvalue weighted by molar-refractivity contribution is -0.131. The number of nitrogens with zero attached hydrogens (tertiary/aromatic N) is 2. The fourth-order valence-electron chi connectivity index (χ4n) is 3.64. The molecule has 0 bridgehead atoms. The summed E-state index contributed by atoms with van der Waals surface area (Å²) in [6, 6.07) is 17.1. The summed E-state index contributed by atoms with van der Waals surface area (Å²) in [5, 5.41) is 1.06. The Balaban J connectivity index is 1.36. The first kappa shape index (κ1) is 18.7. The minimum atomic E-state index is -3.37. The highest BCUT2D eigenvalue weighted by Crippen LogP contribution is 2.20. The van der Waals surface area contributed by atoms with Crippen LogP contribution in [-0.2, 0) is 27.0 Å². The standard InChI is InChI=1S/C21H23N3O3S/c25-21(14-18-15-22-20-9-5-4-8-19(18)20)23-10-12-24(13-11-23)28(26,27)16-17-6-2-1-3-7-17/h1-9,15,22H,10-14,16H2. The molecule has 3 aromatic rings. The largest absolute Gasteiger partial charge is 0.361 e. The molecule has 2 aromatic carbocycles. The Bertz CT molecular complexity index is 1070. The normalized spacial score (nSPS) is 15.8. The third-order valence-corrected chi connectivity index (χ3v) is 7.04. The number of nitrogens with one attached hydrogen (secondary N) is 1. The van der Waals surface area contributed by atoms with Crippen molar-refractivity contribution in [2.24, 2.45) is 0 Å². The van der Waals surface area contributed by atoms with Crippen LogP contribution in [0.3, 0.4) is 0 Å². The van der Waals surface area contributed by atoms with Crippen LogP contribution in [0.1, 0.15) is 11.1 Å². The molecule has 1 aromatic heterocycles. The molecule has 0 aliphatic carbocycles. The minimum Gasteiger partial charge on any atom is -0.361 e. The maximum Gasteiger partial charge on any atom is 0.227 e. The zero-order valence-electron chi connectivity index (χ0n) is 15.5. The van der Waals surface area contributed by atoms with Gasteiger partial charge in [-0.1, -0.05) is 48.5 Å². The highest BCUT2D eigenvalue weighted by atomic mass is 32.2. The van der Waals surface area contributed by atoms with E-state index in [0.29, 0.717) is 32.6 Å². The Hall–Kier alpha value is -2.64. The number of hydrogen-bond donors (Lipinski definition) is 1. The average molecular weight is 398 g/mol. The maximum absolute atomic E-state index is 12.7. The molecule has 1 N–H and O–H groups in total. The molecule has 146 valence electrons. The van der Waals surface area contributed by atoms with Gasteiger partial charge < -0.3 is 9.88 Å². The quantitative estimate of drug-likeness (QED) is 0.718. The van der Waals surface area contributed by atoms with Gasteiger partial charge >= 0.3 is 0 Å². The molecule has 1 amide bonds. The monoisotopic (exact) mass is 397 g/mol. The molecule has 1 aliphatic heterocycles. The average Bonchev–Trinajstić information content (AvgIpc) is 3.11. The van der Waals surface area contributed by atoms with Crippen LogP contribution in [-0.4, -0.2) is 54.7 Å². The van der Waals surface area contributed by atoms with Gasteiger partial charge in [-0.15, -0.1) is 0 Å². The van der Waals surface area contributed by atoms with Crippen molar-refractivity contribution in [2.75, 3.05) is 26.2 Å². The first-order valence-electron chi connectivity index (χ1n) is 9.37. The summed E-state index contributed by atoms with van der Waals surface area (Å²) in [4.78, 5) is 17.6. The Morgan fingerprint density at radius 2 is 1.61 bits per heavy atom. The van der Waals surface area contributed by atoms with Crippen molar-refractivity contribution in [2.45, 2.75) is 12.2 Å². The van der Waals surface area contributed by atoms with Gasteiger partial charge in [-0.2, -0.15) is 4.31 Å². The lowest BCUT2D eigenvalue weighted by Gasteiger charge is -2.34. The summed E-state index contributed by atoms with van der Waals surface area (Å²) < 4.78 is 26.8. The molecule has 0 atom stereocenters. The van der Waals surface area contributed by atoms with Crippen molar-refractivity contribution in [3.05, 3.63) is 71.9 Å². The van der Waals surface area contributed by atoms with Gasteiger partial charge in [0.1, 0.15) is 0 Å². The van der Waals surface area contributed by atoms with Crippen LogP contribution in [0.5, 0.6) is 0 Å². The number of fused-ring (bicyclic) bond motifs is 1. The van der Waals surface area contributed by atoms with E-state index in [-0.39, 0.29) is 11.7 Å². The van der Waals surface area contributed by atoms with E-state index >= 15 is 0 Å². The number of aromatic nitrogens is 1. The lowest BCUT2D eigenvalue weighted by Crippen LogP contribution is -2.51. The molecular weight excluding hydrogens is 374 g/mol. The molecule has 7 heteroatoms. The Kier molecular flexibility index (Phi) is 5.19. The van der Waals surface area contributed by atoms with Gasteiger partial charge in [0.15, 0.2) is 0 Å². The number of sulfonamides is 1. The van der Waals surface area contributed by atoms with Crippen LogP contribution < -0.4 is 0 Å². The summed E-state index contributed by atoms with van der Waals surface area (Å²) in [6.45, 7) is 1.54. The van der Waals surface area contributed by atoms with Gasteiger partial charge in [0.25, 0.3) is 0 Å². The number of amides is 1. The number of rotatable bonds is 5. The van der Waals surface area contributed by atoms with Crippen molar-refractivity contribution < 1.29 is 13.2 Å².